The number of nitrogens with one attached hydrogen (secondary N) is 6. The highest BCUT2D eigenvalue weighted by Gasteiger charge is 2.44. The van der Waals surface area contributed by atoms with Crippen LogP contribution in [0.3, 0.4) is 0 Å². The van der Waals surface area contributed by atoms with Crippen LogP contribution in [0, 0.1) is 23.7 Å². The molecule has 1 fully saturated rings. The third kappa shape index (κ3) is 13.5. The highest BCUT2D eigenvalue weighted by atomic mass is 16.6. The molecule has 0 saturated carbocycles. The van der Waals surface area contributed by atoms with Crippen molar-refractivity contribution in [2.45, 2.75) is 102 Å². The number of benzene rings is 1. The van der Waals surface area contributed by atoms with Crippen LogP contribution in [0.5, 0.6) is 0 Å². The first-order chi connectivity index (χ1) is 28.3. The number of hydrogen-bond acceptors (Lipinski definition) is 14. The van der Waals surface area contributed by atoms with Crippen molar-refractivity contribution in [1.82, 2.24) is 36.1 Å². The number of aromatic amines is 1. The summed E-state index contributed by atoms with van der Waals surface area (Å²) in [4.78, 5) is 91.0. The number of terminal acetylenes is 1. The van der Waals surface area contributed by atoms with E-state index < -0.39 is 95.6 Å². The first-order valence-corrected chi connectivity index (χ1v) is 19.3. The van der Waals surface area contributed by atoms with Crippen LogP contribution in [0.25, 0.3) is 0 Å². The number of carbonyl (C=O) groups excluding carboxylic acids is 5. The maximum atomic E-state index is 13.7. The van der Waals surface area contributed by atoms with Gasteiger partial charge in [-0.05, 0) is 24.8 Å². The van der Waals surface area contributed by atoms with Gasteiger partial charge in [0.05, 0.1) is 25.7 Å². The molecule has 21 nitrogen and oxygen atoms in total. The van der Waals surface area contributed by atoms with E-state index >= 15 is 0 Å². The lowest BCUT2D eigenvalue weighted by molar-refractivity contribution is -0.132. The maximum Gasteiger partial charge on any atom is 0.408 e. The number of alkyl carbamates (subject to hydrolysis) is 2. The lowest BCUT2D eigenvalue weighted by Crippen LogP contribution is -2.50. The second kappa shape index (κ2) is 20.7. The minimum absolute atomic E-state index is 0.0748. The zero-order valence-electron chi connectivity index (χ0n) is 34.0. The van der Waals surface area contributed by atoms with E-state index in [4.69, 9.17) is 20.6 Å². The lowest BCUT2D eigenvalue weighted by Gasteiger charge is -2.33. The van der Waals surface area contributed by atoms with Crippen LogP contribution in [0.2, 0.25) is 0 Å². The van der Waals surface area contributed by atoms with Gasteiger partial charge in [-0.1, -0.05) is 58.0 Å². The van der Waals surface area contributed by atoms with E-state index in [1.54, 1.807) is 51.1 Å². The normalized spacial score (nSPS) is 20.4. The average Bonchev–Trinajstić information content (AvgIpc) is 3.87. The van der Waals surface area contributed by atoms with Gasteiger partial charge in [-0.2, -0.15) is 10.2 Å². The summed E-state index contributed by atoms with van der Waals surface area (Å²) in [5.74, 6) is 0.874. The van der Waals surface area contributed by atoms with Crippen LogP contribution in [0.15, 0.2) is 62.4 Å². The van der Waals surface area contributed by atoms with Crippen molar-refractivity contribution in [2.75, 3.05) is 26.2 Å². The van der Waals surface area contributed by atoms with Crippen molar-refractivity contribution in [2.24, 2.45) is 21.6 Å². The molecular formula is C39H53N9O12. The van der Waals surface area contributed by atoms with Gasteiger partial charge in [0.2, 0.25) is 23.4 Å². The first kappa shape index (κ1) is 46.6. The number of amides is 5. The summed E-state index contributed by atoms with van der Waals surface area (Å²) in [6.45, 7) is 8.12. The van der Waals surface area contributed by atoms with Gasteiger partial charge in [0, 0.05) is 37.1 Å². The molecule has 7 atom stereocenters. The van der Waals surface area contributed by atoms with E-state index in [1.165, 1.54) is 0 Å². The number of ether oxygens (including phenoxy) is 3. The number of hydrogen-bond donors (Lipinski definition) is 8. The third-order valence-electron chi connectivity index (χ3n) is 9.57. The monoisotopic (exact) mass is 839 g/mol. The van der Waals surface area contributed by atoms with Gasteiger partial charge < -0.3 is 51.0 Å². The first-order valence-electron chi connectivity index (χ1n) is 19.3. The molecular weight excluding hydrogens is 786 g/mol. The Bertz CT molecular complexity index is 2020. The Morgan fingerprint density at radius 1 is 1.02 bits per heavy atom. The van der Waals surface area contributed by atoms with Gasteiger partial charge >= 0.3 is 17.9 Å². The second-order valence-electron chi connectivity index (χ2n) is 15.7. The van der Waals surface area contributed by atoms with Crippen LogP contribution in [0.1, 0.15) is 71.8 Å². The van der Waals surface area contributed by atoms with Gasteiger partial charge in [-0.15, -0.1) is 12.3 Å². The molecule has 326 valence electrons. The van der Waals surface area contributed by atoms with Crippen molar-refractivity contribution in [3.63, 3.8) is 0 Å². The molecule has 21 heteroatoms. The number of aliphatic hydroxyl groups is 2. The van der Waals surface area contributed by atoms with E-state index in [-0.39, 0.29) is 44.4 Å². The fourth-order valence-electron chi connectivity index (χ4n) is 6.47. The summed E-state index contributed by atoms with van der Waals surface area (Å²) in [5.41, 5.74) is -2.66. The van der Waals surface area contributed by atoms with E-state index in [9.17, 15) is 43.8 Å². The molecule has 2 aromatic rings. The highest BCUT2D eigenvalue weighted by molar-refractivity contribution is 5.86. The molecule has 0 bridgehead atoms. The van der Waals surface area contributed by atoms with E-state index in [2.05, 4.69) is 42.7 Å². The molecule has 1 aromatic carbocycles. The number of nitrogens with zero attached hydrogens (tertiary/aromatic N) is 3. The standard InChI is InChI=1S/C39H53N9O12/c1-7-11-25(32(53)42-21-39(6)46-47-39)44-37(57)60-31(23-12-9-8-10-13-23)24(43-34(54)38(4,5)18-22(2)3)15-17-58-36(56)41-20-28(50)40-19-26-29(51)30(52)33(59-26)48-16-14-27(49)45-35(48)55/h1,8-10,12-14,16,22,24-26,29-31,33,51-52H,11,15,17-21H2,2-6H3,(H,40,50)(H,41,56)(H,42,53)(H,43,54)(H,44,57)(H,45,49,55). The second-order valence-corrected chi connectivity index (χ2v) is 15.7. The van der Waals surface area contributed by atoms with Gasteiger partial charge in [0.15, 0.2) is 6.23 Å². The average molecular weight is 840 g/mol. The number of aromatic nitrogens is 2. The SMILES string of the molecule is C#CCC(NC(=O)OC(c1ccccc1)C(CCOC(=O)NCC(=O)NCC1OC(n2ccc(=O)[nH]c2=O)C(O)C1O)NC(=O)C(C)(C)CC(C)C)C(=O)NCC1(C)N=N1. The Balaban J connectivity index is 1.38. The molecule has 7 unspecified atom stereocenters. The topological polar surface area (TPSA) is 293 Å². The fraction of sp³-hybridized carbons (Fsp3) is 0.564. The number of carbonyl (C=O) groups is 5. The number of H-pyrrole nitrogens is 1. The molecule has 0 aliphatic carbocycles. The minimum Gasteiger partial charge on any atom is -0.449 e. The zero-order valence-corrected chi connectivity index (χ0v) is 34.0. The predicted octanol–water partition coefficient (Wildman–Crippen LogP) is 0.103. The fourth-order valence-corrected chi connectivity index (χ4v) is 6.47. The molecule has 3 heterocycles. The molecule has 1 aromatic heterocycles. The molecule has 2 aliphatic rings. The molecule has 8 N–H and O–H groups in total. The highest BCUT2D eigenvalue weighted by Crippen LogP contribution is 2.30. The summed E-state index contributed by atoms with van der Waals surface area (Å²) < 4.78 is 17.7. The number of aliphatic hydroxyl groups excluding tert-OH is 2. The van der Waals surface area contributed by atoms with Gasteiger partial charge in [0.25, 0.3) is 5.56 Å². The zero-order chi connectivity index (χ0) is 44.2. The van der Waals surface area contributed by atoms with E-state index in [1.807, 2.05) is 18.8 Å². The maximum absolute atomic E-state index is 13.7. The van der Waals surface area contributed by atoms with Gasteiger partial charge in [0.1, 0.15) is 30.5 Å². The number of rotatable bonds is 20. The van der Waals surface area contributed by atoms with E-state index in [0.29, 0.717) is 12.0 Å². The summed E-state index contributed by atoms with van der Waals surface area (Å²) >= 11 is 0. The summed E-state index contributed by atoms with van der Waals surface area (Å²) in [7, 11) is 0. The quantitative estimate of drug-likeness (QED) is 0.0825. The van der Waals surface area contributed by atoms with Crippen molar-refractivity contribution in [1.29, 1.82) is 0 Å². The van der Waals surface area contributed by atoms with Crippen LogP contribution in [0.4, 0.5) is 9.59 Å². The Kier molecular flexibility index (Phi) is 16.1. The molecule has 60 heavy (non-hydrogen) atoms. The molecule has 0 spiro atoms. The van der Waals surface area contributed by atoms with Crippen LogP contribution in [-0.2, 0) is 28.6 Å². The largest absolute Gasteiger partial charge is 0.449 e. The Morgan fingerprint density at radius 2 is 1.72 bits per heavy atom. The molecule has 5 amide bonds. The molecule has 2 aliphatic heterocycles. The lowest BCUT2D eigenvalue weighted by atomic mass is 9.82. The Labute approximate surface area is 345 Å². The summed E-state index contributed by atoms with van der Waals surface area (Å²) in [6, 6.07) is 7.40. The molecule has 0 radical (unpaired) electrons. The van der Waals surface area contributed by atoms with Crippen LogP contribution < -0.4 is 37.8 Å². The smallest absolute Gasteiger partial charge is 0.408 e. The Morgan fingerprint density at radius 3 is 2.35 bits per heavy atom. The van der Waals surface area contributed by atoms with Gasteiger partial charge in [-0.3, -0.25) is 28.7 Å². The minimum atomic E-state index is -1.56. The summed E-state index contributed by atoms with van der Waals surface area (Å²) in [6.07, 6.45) is -1.87. The molecule has 1 saturated heterocycles. The van der Waals surface area contributed by atoms with Crippen molar-refractivity contribution in [3.05, 3.63) is 69.0 Å². The van der Waals surface area contributed by atoms with Gasteiger partial charge in [-0.25, -0.2) is 14.4 Å². The molecule has 4 rings (SSSR count). The van der Waals surface area contributed by atoms with Crippen molar-refractivity contribution < 1.29 is 48.4 Å². The van der Waals surface area contributed by atoms with Crippen LogP contribution >= 0.6 is 0 Å². The Hall–Kier alpha value is -6.11. The van der Waals surface area contributed by atoms with Crippen LogP contribution in [-0.4, -0.2) is 112 Å². The van der Waals surface area contributed by atoms with Crippen molar-refractivity contribution in [3.8, 4) is 12.3 Å². The summed E-state index contributed by atoms with van der Waals surface area (Å²) in [5, 5.41) is 41.4. The third-order valence-corrected chi connectivity index (χ3v) is 9.57. The van der Waals surface area contributed by atoms with E-state index in [0.717, 1.165) is 16.8 Å². The van der Waals surface area contributed by atoms with Crippen molar-refractivity contribution >= 4 is 29.9 Å². The predicted molar refractivity (Wildman–Crippen MR) is 212 cm³/mol.